The van der Waals surface area contributed by atoms with Crippen LogP contribution in [0.3, 0.4) is 0 Å². The molecule has 0 spiro atoms. The highest BCUT2D eigenvalue weighted by atomic mass is 16.5. The summed E-state index contributed by atoms with van der Waals surface area (Å²) in [7, 11) is 3.42. The molecule has 6 heteroatoms. The zero-order chi connectivity index (χ0) is 17.8. The second-order valence-electron chi connectivity index (χ2n) is 6.15. The first-order valence-corrected chi connectivity index (χ1v) is 8.10. The molecule has 0 aliphatic heterocycles. The monoisotopic (exact) mass is 337 g/mol. The Labute approximate surface area is 146 Å². The summed E-state index contributed by atoms with van der Waals surface area (Å²) in [5.41, 5.74) is 1.68. The smallest absolute Gasteiger partial charge is 0.274 e. The lowest BCUT2D eigenvalue weighted by Crippen LogP contribution is -2.23. The number of amides is 2. The molecule has 1 heterocycles. The average molecular weight is 337 g/mol. The van der Waals surface area contributed by atoms with Gasteiger partial charge in [0.1, 0.15) is 5.76 Å². The fraction of sp³-hybridized carbons (Fsp3) is 0.316. The van der Waals surface area contributed by atoms with E-state index in [-0.39, 0.29) is 24.1 Å². The molecule has 1 aliphatic rings. The van der Waals surface area contributed by atoms with Crippen molar-refractivity contribution in [2.24, 2.45) is 0 Å². The van der Waals surface area contributed by atoms with E-state index < -0.39 is 0 Å². The molecule has 1 N–H and O–H groups in total. The Bertz CT molecular complexity index is 837. The van der Waals surface area contributed by atoms with Crippen LogP contribution in [0.15, 0.2) is 34.9 Å². The summed E-state index contributed by atoms with van der Waals surface area (Å²) in [5.74, 6) is 6.69. The number of benzene rings is 1. The van der Waals surface area contributed by atoms with E-state index in [2.05, 4.69) is 22.3 Å². The van der Waals surface area contributed by atoms with Gasteiger partial charge in [-0.3, -0.25) is 9.59 Å². The second kappa shape index (κ2) is 7.22. The molecule has 25 heavy (non-hydrogen) atoms. The zero-order valence-corrected chi connectivity index (χ0v) is 14.2. The van der Waals surface area contributed by atoms with E-state index in [1.807, 2.05) is 0 Å². The minimum Gasteiger partial charge on any atom is -0.360 e. The Morgan fingerprint density at radius 1 is 1.28 bits per heavy atom. The van der Waals surface area contributed by atoms with E-state index in [9.17, 15) is 9.59 Å². The molecule has 128 valence electrons. The van der Waals surface area contributed by atoms with Crippen molar-refractivity contribution >= 4 is 11.8 Å². The number of nitrogens with one attached hydrogen (secondary N) is 1. The molecular weight excluding hydrogens is 318 g/mol. The summed E-state index contributed by atoms with van der Waals surface area (Å²) < 4.78 is 5.15. The van der Waals surface area contributed by atoms with E-state index in [4.69, 9.17) is 4.52 Å². The number of carbonyl (C=O) groups excluding carboxylic acids is 2. The van der Waals surface area contributed by atoms with Crippen molar-refractivity contribution < 1.29 is 14.1 Å². The average Bonchev–Trinajstić information content (AvgIpc) is 3.35. The van der Waals surface area contributed by atoms with Crippen LogP contribution in [0.2, 0.25) is 0 Å². The Morgan fingerprint density at radius 2 is 2.00 bits per heavy atom. The molecule has 1 aliphatic carbocycles. The van der Waals surface area contributed by atoms with Crippen molar-refractivity contribution in [3.8, 4) is 11.8 Å². The lowest BCUT2D eigenvalue weighted by atomic mass is 10.1. The number of hydrogen-bond acceptors (Lipinski definition) is 4. The lowest BCUT2D eigenvalue weighted by Gasteiger charge is -2.09. The maximum Gasteiger partial charge on any atom is 0.274 e. The van der Waals surface area contributed by atoms with Gasteiger partial charge in [-0.15, -0.1) is 0 Å². The predicted octanol–water partition coefficient (Wildman–Crippen LogP) is 2.04. The van der Waals surface area contributed by atoms with E-state index in [1.165, 1.54) is 4.90 Å². The van der Waals surface area contributed by atoms with Crippen LogP contribution >= 0.6 is 0 Å². The molecule has 0 bridgehead atoms. The van der Waals surface area contributed by atoms with Crippen LogP contribution in [0.1, 0.15) is 50.9 Å². The topological polar surface area (TPSA) is 75.4 Å². The molecule has 2 aromatic rings. The number of nitrogens with zero attached hydrogens (tertiary/aromatic N) is 2. The highest BCUT2D eigenvalue weighted by Crippen LogP contribution is 2.40. The van der Waals surface area contributed by atoms with Gasteiger partial charge in [-0.2, -0.15) is 0 Å². The lowest BCUT2D eigenvalue weighted by molar-refractivity contribution is 0.0827. The van der Waals surface area contributed by atoms with Crippen LogP contribution in [0, 0.1) is 11.8 Å². The van der Waals surface area contributed by atoms with Gasteiger partial charge in [-0.05, 0) is 37.1 Å². The van der Waals surface area contributed by atoms with E-state index in [0.717, 1.165) is 24.2 Å². The molecule has 0 atom stereocenters. The van der Waals surface area contributed by atoms with Crippen molar-refractivity contribution in [2.75, 3.05) is 20.6 Å². The van der Waals surface area contributed by atoms with Crippen molar-refractivity contribution in [3.63, 3.8) is 0 Å². The van der Waals surface area contributed by atoms with Gasteiger partial charge in [0.25, 0.3) is 11.8 Å². The van der Waals surface area contributed by atoms with Crippen LogP contribution in [-0.4, -0.2) is 42.5 Å². The van der Waals surface area contributed by atoms with Crippen LogP contribution in [0.5, 0.6) is 0 Å². The number of hydrogen-bond donors (Lipinski definition) is 1. The Hall–Kier alpha value is -3.07. The summed E-state index contributed by atoms with van der Waals surface area (Å²) in [6.07, 6.45) is 2.20. The maximum absolute atomic E-state index is 12.0. The Balaban J connectivity index is 1.51. The van der Waals surface area contributed by atoms with Crippen LogP contribution in [0.4, 0.5) is 0 Å². The first-order valence-electron chi connectivity index (χ1n) is 8.10. The molecule has 6 nitrogen and oxygen atoms in total. The first kappa shape index (κ1) is 16.8. The molecule has 2 amide bonds. The normalized spacial score (nSPS) is 12.9. The second-order valence-corrected chi connectivity index (χ2v) is 6.15. The Morgan fingerprint density at radius 3 is 2.64 bits per heavy atom. The minimum absolute atomic E-state index is 0.0510. The third kappa shape index (κ3) is 4.27. The summed E-state index contributed by atoms with van der Waals surface area (Å²) in [6.45, 7) is 0.211. The van der Waals surface area contributed by atoms with Gasteiger partial charge in [0.15, 0.2) is 5.69 Å². The summed E-state index contributed by atoms with van der Waals surface area (Å²) in [6, 6.07) is 8.73. The van der Waals surface area contributed by atoms with Gasteiger partial charge in [-0.1, -0.05) is 17.0 Å². The van der Waals surface area contributed by atoms with E-state index in [1.54, 1.807) is 44.4 Å². The van der Waals surface area contributed by atoms with E-state index >= 15 is 0 Å². The van der Waals surface area contributed by atoms with Crippen LogP contribution in [-0.2, 0) is 0 Å². The molecule has 1 aromatic heterocycles. The first-order chi connectivity index (χ1) is 12.0. The van der Waals surface area contributed by atoms with Gasteiger partial charge in [0, 0.05) is 37.2 Å². The third-order valence-electron chi connectivity index (χ3n) is 3.85. The standard InChI is InChI=1S/C19H19N3O3/c1-22(2)19(24)15-7-5-13(6-8-15)4-3-11-20-18(23)16-12-17(25-21-16)14-9-10-14/h5-8,12,14H,9-11H2,1-2H3,(H,20,23). The highest BCUT2D eigenvalue weighted by molar-refractivity contribution is 5.94. The Kier molecular flexibility index (Phi) is 4.85. The number of aromatic nitrogens is 1. The van der Waals surface area contributed by atoms with Gasteiger partial charge >= 0.3 is 0 Å². The summed E-state index contributed by atoms with van der Waals surface area (Å²) in [4.78, 5) is 25.3. The highest BCUT2D eigenvalue weighted by Gasteiger charge is 2.28. The molecule has 0 radical (unpaired) electrons. The van der Waals surface area contributed by atoms with Crippen LogP contribution in [0.25, 0.3) is 0 Å². The number of rotatable bonds is 4. The third-order valence-corrected chi connectivity index (χ3v) is 3.85. The van der Waals surface area contributed by atoms with Crippen molar-refractivity contribution in [3.05, 3.63) is 52.9 Å². The predicted molar refractivity (Wildman–Crippen MR) is 92.1 cm³/mol. The molecule has 1 aromatic carbocycles. The van der Waals surface area contributed by atoms with Crippen LogP contribution < -0.4 is 5.32 Å². The SMILES string of the molecule is CN(C)C(=O)c1ccc(C#CCNC(=O)c2cc(C3CC3)on2)cc1. The van der Waals surface area contributed by atoms with E-state index in [0.29, 0.717) is 11.5 Å². The molecule has 0 saturated heterocycles. The fourth-order valence-corrected chi connectivity index (χ4v) is 2.27. The van der Waals surface area contributed by atoms with Crippen molar-refractivity contribution in [2.45, 2.75) is 18.8 Å². The van der Waals surface area contributed by atoms with Gasteiger partial charge in [-0.25, -0.2) is 0 Å². The zero-order valence-electron chi connectivity index (χ0n) is 14.2. The van der Waals surface area contributed by atoms with Gasteiger partial charge < -0.3 is 14.7 Å². The molecule has 3 rings (SSSR count). The summed E-state index contributed by atoms with van der Waals surface area (Å²) >= 11 is 0. The fourth-order valence-electron chi connectivity index (χ4n) is 2.27. The summed E-state index contributed by atoms with van der Waals surface area (Å²) in [5, 5.41) is 6.47. The van der Waals surface area contributed by atoms with Crippen molar-refractivity contribution in [1.29, 1.82) is 0 Å². The minimum atomic E-state index is -0.295. The largest absolute Gasteiger partial charge is 0.360 e. The maximum atomic E-state index is 12.0. The van der Waals surface area contributed by atoms with Gasteiger partial charge in [0.2, 0.25) is 0 Å². The molecular formula is C19H19N3O3. The molecule has 1 saturated carbocycles. The number of carbonyl (C=O) groups is 2. The van der Waals surface area contributed by atoms with Gasteiger partial charge in [0.05, 0.1) is 6.54 Å². The molecule has 1 fully saturated rings. The quantitative estimate of drug-likeness (QED) is 0.866. The van der Waals surface area contributed by atoms with Crippen molar-refractivity contribution in [1.82, 2.24) is 15.4 Å². The molecule has 0 unspecified atom stereocenters.